The van der Waals surface area contributed by atoms with Crippen LogP contribution >= 0.6 is 15.9 Å². The number of benzene rings is 1. The van der Waals surface area contributed by atoms with Crippen LogP contribution in [-0.4, -0.2) is 8.42 Å². The Morgan fingerprint density at radius 3 is 2.36 bits per heavy atom. The van der Waals surface area contributed by atoms with E-state index in [1.54, 1.807) is 6.07 Å². The molecule has 2 rings (SSSR count). The van der Waals surface area contributed by atoms with Crippen LogP contribution in [-0.2, 0) is 22.9 Å². The Labute approximate surface area is 91.5 Å². The van der Waals surface area contributed by atoms with Gasteiger partial charge in [-0.3, -0.25) is 0 Å². The summed E-state index contributed by atoms with van der Waals surface area (Å²) in [4.78, 5) is 0.193. The van der Waals surface area contributed by atoms with E-state index in [1.165, 1.54) is 5.56 Å². The molecule has 0 aliphatic heterocycles. The maximum absolute atomic E-state index is 11.2. The molecular formula is C9H10BrNO2S. The summed E-state index contributed by atoms with van der Waals surface area (Å²) in [5, 5.41) is 5.09. The lowest BCUT2D eigenvalue weighted by Gasteiger charge is -2.05. The van der Waals surface area contributed by atoms with Crippen molar-refractivity contribution < 1.29 is 8.42 Å². The second-order valence-corrected chi connectivity index (χ2v) is 5.83. The van der Waals surface area contributed by atoms with Crippen molar-refractivity contribution in [3.8, 4) is 0 Å². The number of halogens is 1. The fourth-order valence-corrected chi connectivity index (χ4v) is 3.49. The molecule has 14 heavy (non-hydrogen) atoms. The van der Waals surface area contributed by atoms with Crippen molar-refractivity contribution in [3.63, 3.8) is 0 Å². The third-order valence-electron chi connectivity index (χ3n) is 2.45. The van der Waals surface area contributed by atoms with Crippen LogP contribution in [0.5, 0.6) is 0 Å². The topological polar surface area (TPSA) is 60.2 Å². The van der Waals surface area contributed by atoms with Gasteiger partial charge in [0.2, 0.25) is 10.0 Å². The summed E-state index contributed by atoms with van der Waals surface area (Å²) >= 11 is 3.23. The number of rotatable bonds is 1. The first-order valence-corrected chi connectivity index (χ1v) is 6.66. The van der Waals surface area contributed by atoms with Crippen LogP contribution in [0.15, 0.2) is 21.5 Å². The molecule has 5 heteroatoms. The highest BCUT2D eigenvalue weighted by molar-refractivity contribution is 9.10. The minimum atomic E-state index is -3.60. The Kier molecular flexibility index (Phi) is 2.41. The molecule has 0 spiro atoms. The molecule has 1 aliphatic rings. The molecule has 0 unspecified atom stereocenters. The quantitative estimate of drug-likeness (QED) is 0.846. The molecular weight excluding hydrogens is 266 g/mol. The van der Waals surface area contributed by atoms with Crippen molar-refractivity contribution in [1.82, 2.24) is 0 Å². The zero-order valence-electron chi connectivity index (χ0n) is 7.46. The molecule has 0 saturated carbocycles. The van der Waals surface area contributed by atoms with Crippen molar-refractivity contribution in [2.75, 3.05) is 0 Å². The zero-order valence-corrected chi connectivity index (χ0v) is 9.86. The third kappa shape index (κ3) is 1.71. The molecule has 0 fully saturated rings. The number of nitrogens with two attached hydrogens (primary N) is 1. The Morgan fingerprint density at radius 2 is 1.79 bits per heavy atom. The molecule has 1 aromatic rings. The van der Waals surface area contributed by atoms with E-state index < -0.39 is 10.0 Å². The van der Waals surface area contributed by atoms with Crippen LogP contribution in [0, 0.1) is 0 Å². The maximum Gasteiger partial charge on any atom is 0.239 e. The number of hydrogen-bond acceptors (Lipinski definition) is 2. The predicted molar refractivity (Wildman–Crippen MR) is 57.5 cm³/mol. The summed E-state index contributed by atoms with van der Waals surface area (Å²) in [6.07, 6.45) is 3.07. The smallest absolute Gasteiger partial charge is 0.225 e. The number of fused-ring (bicyclic) bond motifs is 1. The number of sulfonamides is 1. The van der Waals surface area contributed by atoms with Gasteiger partial charge >= 0.3 is 0 Å². The minimum absolute atomic E-state index is 0.193. The molecule has 0 bridgehead atoms. The predicted octanol–water partition coefficient (Wildman–Crippen LogP) is 1.59. The van der Waals surface area contributed by atoms with Crippen molar-refractivity contribution in [2.45, 2.75) is 24.2 Å². The Morgan fingerprint density at radius 1 is 1.21 bits per heavy atom. The Hall–Kier alpha value is -0.390. The molecule has 0 radical (unpaired) electrons. The lowest BCUT2D eigenvalue weighted by molar-refractivity contribution is 0.597. The third-order valence-corrected chi connectivity index (χ3v) is 4.32. The first-order valence-electron chi connectivity index (χ1n) is 4.32. The average molecular weight is 276 g/mol. The molecule has 0 saturated heterocycles. The van der Waals surface area contributed by atoms with E-state index in [0.717, 1.165) is 24.8 Å². The van der Waals surface area contributed by atoms with E-state index in [-0.39, 0.29) is 4.90 Å². The van der Waals surface area contributed by atoms with E-state index in [1.807, 2.05) is 6.07 Å². The van der Waals surface area contributed by atoms with Gasteiger partial charge in [0.1, 0.15) is 0 Å². The summed E-state index contributed by atoms with van der Waals surface area (Å²) in [5.41, 5.74) is 2.33. The monoisotopic (exact) mass is 275 g/mol. The SMILES string of the molecule is NS(=O)(=O)c1cc2c(cc1Br)CCC2. The molecule has 0 atom stereocenters. The standard InChI is InChI=1S/C9H10BrNO2S/c10-8-4-6-2-1-3-7(6)5-9(8)14(11,12)13/h4-5H,1-3H2,(H2,11,12,13). The molecule has 3 nitrogen and oxygen atoms in total. The van der Waals surface area contributed by atoms with Crippen LogP contribution in [0.1, 0.15) is 17.5 Å². The van der Waals surface area contributed by atoms with Gasteiger partial charge in [-0.2, -0.15) is 0 Å². The maximum atomic E-state index is 11.2. The van der Waals surface area contributed by atoms with Crippen molar-refractivity contribution in [3.05, 3.63) is 27.7 Å². The first-order chi connectivity index (χ1) is 6.48. The largest absolute Gasteiger partial charge is 0.239 e. The number of primary sulfonamides is 1. The summed E-state index contributed by atoms with van der Waals surface area (Å²) < 4.78 is 23.0. The van der Waals surface area contributed by atoms with Gasteiger partial charge in [-0.25, -0.2) is 13.6 Å². The van der Waals surface area contributed by atoms with Crippen LogP contribution in [0.4, 0.5) is 0 Å². The van der Waals surface area contributed by atoms with Gasteiger partial charge in [0.25, 0.3) is 0 Å². The molecule has 0 heterocycles. The van der Waals surface area contributed by atoms with Crippen molar-refractivity contribution >= 4 is 26.0 Å². The van der Waals surface area contributed by atoms with Gasteiger partial charge in [0, 0.05) is 4.47 Å². The zero-order chi connectivity index (χ0) is 10.3. The normalized spacial score (nSPS) is 15.6. The summed E-state index contributed by atoms with van der Waals surface area (Å²) in [6.45, 7) is 0. The molecule has 76 valence electrons. The van der Waals surface area contributed by atoms with E-state index in [2.05, 4.69) is 15.9 Å². The van der Waals surface area contributed by atoms with Crippen molar-refractivity contribution in [1.29, 1.82) is 0 Å². The summed E-state index contributed by atoms with van der Waals surface area (Å²) in [6, 6.07) is 3.55. The summed E-state index contributed by atoms with van der Waals surface area (Å²) in [5.74, 6) is 0. The van der Waals surface area contributed by atoms with Crippen LogP contribution in [0.2, 0.25) is 0 Å². The molecule has 1 aromatic carbocycles. The first kappa shape index (κ1) is 10.1. The van der Waals surface area contributed by atoms with E-state index >= 15 is 0 Å². The van der Waals surface area contributed by atoms with E-state index in [4.69, 9.17) is 5.14 Å². The number of aryl methyl sites for hydroxylation is 2. The van der Waals surface area contributed by atoms with Gasteiger partial charge in [-0.05, 0) is 58.5 Å². The second kappa shape index (κ2) is 3.32. The fraction of sp³-hybridized carbons (Fsp3) is 0.333. The average Bonchev–Trinajstić information content (AvgIpc) is 2.47. The van der Waals surface area contributed by atoms with E-state index in [0.29, 0.717) is 4.47 Å². The van der Waals surface area contributed by atoms with E-state index in [9.17, 15) is 8.42 Å². The second-order valence-electron chi connectivity index (χ2n) is 3.45. The highest BCUT2D eigenvalue weighted by Crippen LogP contribution is 2.30. The Bertz CT molecular complexity index is 482. The molecule has 1 aliphatic carbocycles. The lowest BCUT2D eigenvalue weighted by Crippen LogP contribution is -2.13. The lowest BCUT2D eigenvalue weighted by atomic mass is 10.1. The molecule has 2 N–H and O–H groups in total. The van der Waals surface area contributed by atoms with Gasteiger partial charge in [-0.1, -0.05) is 0 Å². The van der Waals surface area contributed by atoms with Gasteiger partial charge in [0.15, 0.2) is 0 Å². The van der Waals surface area contributed by atoms with Crippen molar-refractivity contribution in [2.24, 2.45) is 5.14 Å². The van der Waals surface area contributed by atoms with Gasteiger partial charge in [-0.15, -0.1) is 0 Å². The fourth-order valence-electron chi connectivity index (χ4n) is 1.79. The number of hydrogen-bond donors (Lipinski definition) is 1. The van der Waals surface area contributed by atoms with Crippen LogP contribution < -0.4 is 5.14 Å². The van der Waals surface area contributed by atoms with Gasteiger partial charge < -0.3 is 0 Å². The molecule has 0 aromatic heterocycles. The minimum Gasteiger partial charge on any atom is -0.225 e. The molecule has 0 amide bonds. The highest BCUT2D eigenvalue weighted by atomic mass is 79.9. The highest BCUT2D eigenvalue weighted by Gasteiger charge is 2.18. The van der Waals surface area contributed by atoms with Gasteiger partial charge in [0.05, 0.1) is 4.90 Å². The van der Waals surface area contributed by atoms with Crippen LogP contribution in [0.3, 0.4) is 0 Å². The van der Waals surface area contributed by atoms with Crippen LogP contribution in [0.25, 0.3) is 0 Å². The summed E-state index contributed by atoms with van der Waals surface area (Å²) in [7, 11) is -3.60. The Balaban J connectivity index is 2.65.